The van der Waals surface area contributed by atoms with Crippen LogP contribution in [0.5, 0.6) is 0 Å². The van der Waals surface area contributed by atoms with Crippen molar-refractivity contribution in [2.75, 3.05) is 5.32 Å². The van der Waals surface area contributed by atoms with E-state index in [-0.39, 0.29) is 11.1 Å². The second-order valence-electron chi connectivity index (χ2n) is 4.63. The van der Waals surface area contributed by atoms with Gasteiger partial charge in [-0.2, -0.15) is 0 Å². The highest BCUT2D eigenvalue weighted by molar-refractivity contribution is 5.42. The quantitative estimate of drug-likeness (QED) is 0.824. The summed E-state index contributed by atoms with van der Waals surface area (Å²) in [6.07, 6.45) is 4.08. The topological polar surface area (TPSA) is 34.0 Å². The van der Waals surface area contributed by atoms with Crippen LogP contribution in [-0.2, 0) is 7.05 Å². The maximum Gasteiger partial charge on any atom is 0.250 e. The molecule has 0 fully saturated rings. The normalized spacial score (nSPS) is 11.5. The van der Waals surface area contributed by atoms with E-state index in [4.69, 9.17) is 0 Å². The van der Waals surface area contributed by atoms with E-state index in [0.717, 1.165) is 18.5 Å². The highest BCUT2D eigenvalue weighted by Crippen LogP contribution is 2.18. The SMILES string of the molecule is CCCC(C)(C)Nc1ccc(=O)n(C)c1. The second-order valence-corrected chi connectivity index (χ2v) is 4.63. The molecule has 84 valence electrons. The molecule has 0 aliphatic carbocycles. The smallest absolute Gasteiger partial charge is 0.250 e. The van der Waals surface area contributed by atoms with Crippen molar-refractivity contribution < 1.29 is 0 Å². The lowest BCUT2D eigenvalue weighted by Gasteiger charge is -2.27. The highest BCUT2D eigenvalue weighted by Gasteiger charge is 2.15. The molecule has 0 saturated carbocycles. The molecular formula is C12H20N2O. The lowest BCUT2D eigenvalue weighted by atomic mass is 9.99. The fourth-order valence-corrected chi connectivity index (χ4v) is 1.75. The molecule has 0 saturated heterocycles. The number of pyridine rings is 1. The molecular weight excluding hydrogens is 188 g/mol. The van der Waals surface area contributed by atoms with Crippen LogP contribution in [-0.4, -0.2) is 10.1 Å². The first kappa shape index (κ1) is 11.8. The van der Waals surface area contributed by atoms with Gasteiger partial charge in [-0.3, -0.25) is 4.79 Å². The first-order valence-electron chi connectivity index (χ1n) is 5.39. The molecule has 1 N–H and O–H groups in total. The lowest BCUT2D eigenvalue weighted by Crippen LogP contribution is -2.31. The minimum Gasteiger partial charge on any atom is -0.379 e. The monoisotopic (exact) mass is 208 g/mol. The van der Waals surface area contributed by atoms with Gasteiger partial charge in [0.05, 0.1) is 5.69 Å². The number of nitrogens with one attached hydrogen (secondary N) is 1. The third-order valence-corrected chi connectivity index (χ3v) is 2.44. The number of hydrogen-bond donors (Lipinski definition) is 1. The molecule has 0 aliphatic rings. The molecule has 15 heavy (non-hydrogen) atoms. The molecule has 0 amide bonds. The minimum atomic E-state index is 0.0221. The molecule has 1 rings (SSSR count). The molecule has 0 atom stereocenters. The van der Waals surface area contributed by atoms with Crippen molar-refractivity contribution in [1.82, 2.24) is 4.57 Å². The summed E-state index contributed by atoms with van der Waals surface area (Å²) in [7, 11) is 1.76. The van der Waals surface area contributed by atoms with Gasteiger partial charge >= 0.3 is 0 Å². The predicted molar refractivity (Wildman–Crippen MR) is 64.3 cm³/mol. The third kappa shape index (κ3) is 3.42. The summed E-state index contributed by atoms with van der Waals surface area (Å²) in [6.45, 7) is 6.51. The van der Waals surface area contributed by atoms with Gasteiger partial charge in [-0.25, -0.2) is 0 Å². The van der Waals surface area contributed by atoms with Gasteiger partial charge in [-0.1, -0.05) is 13.3 Å². The lowest BCUT2D eigenvalue weighted by molar-refractivity contribution is 0.510. The zero-order chi connectivity index (χ0) is 11.5. The van der Waals surface area contributed by atoms with Crippen molar-refractivity contribution in [2.45, 2.75) is 39.2 Å². The van der Waals surface area contributed by atoms with E-state index >= 15 is 0 Å². The molecule has 1 heterocycles. The van der Waals surface area contributed by atoms with E-state index in [1.165, 1.54) is 0 Å². The van der Waals surface area contributed by atoms with Gasteiger partial charge in [0, 0.05) is 24.8 Å². The average Bonchev–Trinajstić information content (AvgIpc) is 2.10. The molecule has 1 aromatic heterocycles. The number of rotatable bonds is 4. The molecule has 0 spiro atoms. The number of aromatic nitrogens is 1. The van der Waals surface area contributed by atoms with Crippen LogP contribution in [0.4, 0.5) is 5.69 Å². The Hall–Kier alpha value is -1.25. The summed E-state index contributed by atoms with van der Waals surface area (Å²) in [4.78, 5) is 11.2. The molecule has 0 radical (unpaired) electrons. The van der Waals surface area contributed by atoms with Gasteiger partial charge in [-0.15, -0.1) is 0 Å². The van der Waals surface area contributed by atoms with E-state index in [2.05, 4.69) is 26.1 Å². The molecule has 0 unspecified atom stereocenters. The summed E-state index contributed by atoms with van der Waals surface area (Å²) < 4.78 is 1.59. The largest absolute Gasteiger partial charge is 0.379 e. The van der Waals surface area contributed by atoms with Crippen LogP contribution in [0.15, 0.2) is 23.1 Å². The van der Waals surface area contributed by atoms with Crippen molar-refractivity contribution in [1.29, 1.82) is 0 Å². The fraction of sp³-hybridized carbons (Fsp3) is 0.583. The van der Waals surface area contributed by atoms with Gasteiger partial charge in [0.25, 0.3) is 0 Å². The van der Waals surface area contributed by atoms with E-state index in [9.17, 15) is 4.79 Å². The van der Waals surface area contributed by atoms with Crippen LogP contribution in [0.1, 0.15) is 33.6 Å². The molecule has 3 nitrogen and oxygen atoms in total. The summed E-state index contributed by atoms with van der Waals surface area (Å²) in [5.41, 5.74) is 1.09. The Balaban J connectivity index is 2.81. The molecule has 1 aromatic rings. The maximum atomic E-state index is 11.2. The maximum absolute atomic E-state index is 11.2. The first-order chi connectivity index (χ1) is 6.94. The Bertz CT molecular complexity index is 379. The molecule has 0 aromatic carbocycles. The van der Waals surface area contributed by atoms with Crippen LogP contribution in [0.2, 0.25) is 0 Å². The molecule has 0 bridgehead atoms. The van der Waals surface area contributed by atoms with Gasteiger partial charge < -0.3 is 9.88 Å². The van der Waals surface area contributed by atoms with Gasteiger partial charge in [0.15, 0.2) is 0 Å². The highest BCUT2D eigenvalue weighted by atomic mass is 16.1. The number of anilines is 1. The van der Waals surface area contributed by atoms with Crippen molar-refractivity contribution in [3.63, 3.8) is 0 Å². The molecule has 0 aliphatic heterocycles. The van der Waals surface area contributed by atoms with Crippen molar-refractivity contribution in [2.24, 2.45) is 7.05 Å². The van der Waals surface area contributed by atoms with Gasteiger partial charge in [-0.05, 0) is 26.3 Å². The Morgan fingerprint density at radius 1 is 1.40 bits per heavy atom. The van der Waals surface area contributed by atoms with E-state index in [1.54, 1.807) is 17.7 Å². The zero-order valence-electron chi connectivity index (χ0n) is 10.0. The molecule has 3 heteroatoms. The predicted octanol–water partition coefficient (Wildman–Crippen LogP) is 2.38. The summed E-state index contributed by atoms with van der Waals surface area (Å²) in [6, 6.07) is 3.42. The van der Waals surface area contributed by atoms with Crippen LogP contribution in [0, 0.1) is 0 Å². The Labute approximate surface area is 91.1 Å². The summed E-state index contributed by atoms with van der Waals surface area (Å²) >= 11 is 0. The fourth-order valence-electron chi connectivity index (χ4n) is 1.75. The van der Waals surface area contributed by atoms with Crippen LogP contribution in [0.25, 0.3) is 0 Å². The van der Waals surface area contributed by atoms with Crippen LogP contribution < -0.4 is 10.9 Å². The Kier molecular flexibility index (Phi) is 3.56. The Morgan fingerprint density at radius 2 is 2.07 bits per heavy atom. The van der Waals surface area contributed by atoms with E-state index in [1.807, 2.05) is 12.3 Å². The van der Waals surface area contributed by atoms with Crippen molar-refractivity contribution in [3.8, 4) is 0 Å². The minimum absolute atomic E-state index is 0.0221. The van der Waals surface area contributed by atoms with Crippen molar-refractivity contribution in [3.05, 3.63) is 28.7 Å². The van der Waals surface area contributed by atoms with Gasteiger partial charge in [0.1, 0.15) is 0 Å². The van der Waals surface area contributed by atoms with Crippen molar-refractivity contribution >= 4 is 5.69 Å². The second kappa shape index (κ2) is 4.51. The van der Waals surface area contributed by atoms with Crippen LogP contribution in [0.3, 0.4) is 0 Å². The first-order valence-corrected chi connectivity index (χ1v) is 5.39. The van der Waals surface area contributed by atoms with Crippen LogP contribution >= 0.6 is 0 Å². The zero-order valence-corrected chi connectivity index (χ0v) is 10.0. The number of hydrogen-bond acceptors (Lipinski definition) is 2. The average molecular weight is 208 g/mol. The summed E-state index contributed by atoms with van der Waals surface area (Å²) in [5, 5.41) is 3.43. The standard InChI is InChI=1S/C12H20N2O/c1-5-8-12(2,3)13-10-6-7-11(15)14(4)9-10/h6-7,9,13H,5,8H2,1-4H3. The van der Waals surface area contributed by atoms with E-state index in [0.29, 0.717) is 0 Å². The summed E-state index contributed by atoms with van der Waals surface area (Å²) in [5.74, 6) is 0. The number of aryl methyl sites for hydroxylation is 1. The van der Waals surface area contributed by atoms with Gasteiger partial charge in [0.2, 0.25) is 5.56 Å². The Morgan fingerprint density at radius 3 is 2.60 bits per heavy atom. The third-order valence-electron chi connectivity index (χ3n) is 2.44. The van der Waals surface area contributed by atoms with E-state index < -0.39 is 0 Å². The number of nitrogens with zero attached hydrogens (tertiary/aromatic N) is 1.